The lowest BCUT2D eigenvalue weighted by Crippen LogP contribution is -2.35. The molecule has 0 saturated heterocycles. The Morgan fingerprint density at radius 3 is 2.54 bits per heavy atom. The van der Waals surface area contributed by atoms with Crippen LogP contribution in [0.3, 0.4) is 0 Å². The van der Waals surface area contributed by atoms with Gasteiger partial charge in [-0.15, -0.1) is 11.6 Å². The molecular weight excluding hydrogens is 351 g/mol. The van der Waals surface area contributed by atoms with Gasteiger partial charge in [0.05, 0.1) is 11.0 Å². The lowest BCUT2D eigenvalue weighted by atomic mass is 10.2. The van der Waals surface area contributed by atoms with Gasteiger partial charge in [0.1, 0.15) is 5.88 Å². The van der Waals surface area contributed by atoms with E-state index in [1.165, 1.54) is 4.57 Å². The maximum absolute atomic E-state index is 12.8. The van der Waals surface area contributed by atoms with E-state index >= 15 is 0 Å². The van der Waals surface area contributed by atoms with Crippen molar-refractivity contribution >= 4 is 46.0 Å². The van der Waals surface area contributed by atoms with E-state index in [9.17, 15) is 9.59 Å². The third-order valence-electron chi connectivity index (χ3n) is 3.29. The van der Waals surface area contributed by atoms with Gasteiger partial charge in [-0.3, -0.25) is 25.0 Å². The smallest absolute Gasteiger partial charge is 0.277 e. The Labute approximate surface area is 147 Å². The summed E-state index contributed by atoms with van der Waals surface area (Å²) in [6.07, 6.45) is 0. The molecule has 1 heterocycles. The van der Waals surface area contributed by atoms with Crippen LogP contribution in [0.15, 0.2) is 53.3 Å². The molecule has 0 aliphatic rings. The molecule has 0 fully saturated rings. The summed E-state index contributed by atoms with van der Waals surface area (Å²) in [4.78, 5) is 28.3. The van der Waals surface area contributed by atoms with Gasteiger partial charge in [0.15, 0.2) is 0 Å². The van der Waals surface area contributed by atoms with E-state index in [-0.39, 0.29) is 11.7 Å². The van der Waals surface area contributed by atoms with Crippen LogP contribution in [0.5, 0.6) is 0 Å². The molecular formula is C16H12Cl2N4O2. The molecule has 0 radical (unpaired) electrons. The summed E-state index contributed by atoms with van der Waals surface area (Å²) < 4.78 is 1.49. The summed E-state index contributed by atoms with van der Waals surface area (Å²) in [6, 6.07) is 14.1. The molecule has 1 aromatic heterocycles. The molecule has 1 amide bonds. The number of nitrogens with zero attached hydrogens (tertiary/aromatic N) is 2. The molecule has 8 heteroatoms. The van der Waals surface area contributed by atoms with Gasteiger partial charge in [0.25, 0.3) is 11.5 Å². The summed E-state index contributed by atoms with van der Waals surface area (Å²) in [5, 5.41) is 0.567. The number of amides is 1. The molecule has 0 bridgehead atoms. The molecule has 0 saturated carbocycles. The third kappa shape index (κ3) is 3.20. The van der Waals surface area contributed by atoms with Gasteiger partial charge in [0, 0.05) is 10.7 Å². The second-order valence-corrected chi connectivity index (χ2v) is 5.58. The number of benzene rings is 2. The topological polar surface area (TPSA) is 76.0 Å². The van der Waals surface area contributed by atoms with Gasteiger partial charge in [0.2, 0.25) is 5.82 Å². The SMILES string of the molecule is O=C(CCl)NNc1nc2ccccc2n(-c2ccc(Cl)cc2)c1=O. The van der Waals surface area contributed by atoms with Gasteiger partial charge < -0.3 is 0 Å². The lowest BCUT2D eigenvalue weighted by Gasteiger charge is -2.13. The molecule has 3 rings (SSSR count). The Morgan fingerprint density at radius 2 is 1.83 bits per heavy atom. The van der Waals surface area contributed by atoms with Crippen LogP contribution in [0.2, 0.25) is 5.02 Å². The fourth-order valence-corrected chi connectivity index (χ4v) is 2.41. The summed E-state index contributed by atoms with van der Waals surface area (Å²) in [5.74, 6) is -0.711. The number of para-hydroxylation sites is 2. The van der Waals surface area contributed by atoms with Gasteiger partial charge in [-0.2, -0.15) is 0 Å². The number of aromatic nitrogens is 2. The Morgan fingerprint density at radius 1 is 1.12 bits per heavy atom. The van der Waals surface area contributed by atoms with Crippen molar-refractivity contribution in [3.8, 4) is 5.69 Å². The van der Waals surface area contributed by atoms with Crippen molar-refractivity contribution in [1.29, 1.82) is 0 Å². The van der Waals surface area contributed by atoms with Crippen molar-refractivity contribution in [3.63, 3.8) is 0 Å². The van der Waals surface area contributed by atoms with E-state index < -0.39 is 11.5 Å². The Hall–Kier alpha value is -2.57. The molecule has 2 aromatic carbocycles. The first-order valence-electron chi connectivity index (χ1n) is 6.98. The maximum atomic E-state index is 12.8. The van der Waals surface area contributed by atoms with Crippen molar-refractivity contribution < 1.29 is 4.79 Å². The minimum Gasteiger partial charge on any atom is -0.277 e. The first-order chi connectivity index (χ1) is 11.6. The van der Waals surface area contributed by atoms with E-state index in [4.69, 9.17) is 23.2 Å². The van der Waals surface area contributed by atoms with Crippen LogP contribution in [0.25, 0.3) is 16.7 Å². The molecule has 3 aromatic rings. The normalized spacial score (nSPS) is 10.6. The number of hydrogen-bond donors (Lipinski definition) is 2. The van der Waals surface area contributed by atoms with Crippen molar-refractivity contribution in [3.05, 3.63) is 63.9 Å². The summed E-state index contributed by atoms with van der Waals surface area (Å²) in [7, 11) is 0. The number of halogens is 2. The zero-order valence-corrected chi connectivity index (χ0v) is 13.8. The summed E-state index contributed by atoms with van der Waals surface area (Å²) in [6.45, 7) is 0. The third-order valence-corrected chi connectivity index (χ3v) is 3.78. The highest BCUT2D eigenvalue weighted by molar-refractivity contribution is 6.30. The standard InChI is InChI=1S/C16H12Cl2N4O2/c17-9-14(23)20-21-15-16(24)22(11-7-5-10(18)6-8-11)13-4-2-1-3-12(13)19-15/h1-8H,9H2,(H,19,21)(H,20,23). The van der Waals surface area contributed by atoms with Crippen LogP contribution in [0.4, 0.5) is 5.82 Å². The number of anilines is 1. The first kappa shape index (κ1) is 16.3. The molecule has 0 unspecified atom stereocenters. The van der Waals surface area contributed by atoms with Gasteiger partial charge in [-0.25, -0.2) is 4.98 Å². The fraction of sp³-hybridized carbons (Fsp3) is 0.0625. The Bertz CT molecular complexity index is 954. The van der Waals surface area contributed by atoms with Gasteiger partial charge in [-0.05, 0) is 36.4 Å². The van der Waals surface area contributed by atoms with Crippen LogP contribution in [-0.4, -0.2) is 21.3 Å². The predicted octanol–water partition coefficient (Wildman–Crippen LogP) is 2.72. The zero-order chi connectivity index (χ0) is 17.1. The molecule has 2 N–H and O–H groups in total. The average Bonchev–Trinajstić information content (AvgIpc) is 2.61. The number of rotatable bonds is 4. The van der Waals surface area contributed by atoms with Crippen LogP contribution < -0.4 is 16.4 Å². The quantitative estimate of drug-likeness (QED) is 0.552. The first-order valence-corrected chi connectivity index (χ1v) is 7.90. The summed E-state index contributed by atoms with van der Waals surface area (Å²) in [5.41, 5.74) is 6.30. The largest absolute Gasteiger partial charge is 0.300 e. The van der Waals surface area contributed by atoms with Crippen LogP contribution in [-0.2, 0) is 4.79 Å². The summed E-state index contributed by atoms with van der Waals surface area (Å²) >= 11 is 11.3. The molecule has 6 nitrogen and oxygen atoms in total. The maximum Gasteiger partial charge on any atom is 0.300 e. The monoisotopic (exact) mass is 362 g/mol. The lowest BCUT2D eigenvalue weighted by molar-refractivity contribution is -0.118. The van der Waals surface area contributed by atoms with Gasteiger partial charge in [-0.1, -0.05) is 23.7 Å². The van der Waals surface area contributed by atoms with Crippen molar-refractivity contribution in [2.24, 2.45) is 0 Å². The molecule has 0 atom stereocenters. The minimum atomic E-state index is -0.468. The number of alkyl halides is 1. The van der Waals surface area contributed by atoms with E-state index in [1.54, 1.807) is 36.4 Å². The molecule has 122 valence electrons. The minimum absolute atomic E-state index is 0.0119. The van der Waals surface area contributed by atoms with Crippen molar-refractivity contribution in [2.45, 2.75) is 0 Å². The van der Waals surface area contributed by atoms with Crippen LogP contribution in [0, 0.1) is 0 Å². The molecule has 24 heavy (non-hydrogen) atoms. The highest BCUT2D eigenvalue weighted by Gasteiger charge is 2.13. The van der Waals surface area contributed by atoms with Gasteiger partial charge >= 0.3 is 0 Å². The Kier molecular flexibility index (Phi) is 4.69. The van der Waals surface area contributed by atoms with Crippen molar-refractivity contribution in [1.82, 2.24) is 15.0 Å². The molecule has 0 aliphatic heterocycles. The second kappa shape index (κ2) is 6.90. The van der Waals surface area contributed by atoms with E-state index in [2.05, 4.69) is 15.8 Å². The second-order valence-electron chi connectivity index (χ2n) is 4.87. The average molecular weight is 363 g/mol. The van der Waals surface area contributed by atoms with E-state index in [0.717, 1.165) is 0 Å². The van der Waals surface area contributed by atoms with E-state index in [0.29, 0.717) is 21.7 Å². The zero-order valence-electron chi connectivity index (χ0n) is 12.3. The number of hydrogen-bond acceptors (Lipinski definition) is 4. The predicted molar refractivity (Wildman–Crippen MR) is 94.8 cm³/mol. The van der Waals surface area contributed by atoms with Crippen LogP contribution >= 0.6 is 23.2 Å². The van der Waals surface area contributed by atoms with Crippen LogP contribution in [0.1, 0.15) is 0 Å². The number of fused-ring (bicyclic) bond motifs is 1. The Balaban J connectivity index is 2.18. The molecule has 0 aliphatic carbocycles. The highest BCUT2D eigenvalue weighted by Crippen LogP contribution is 2.18. The fourth-order valence-electron chi connectivity index (χ4n) is 2.22. The molecule has 0 spiro atoms. The van der Waals surface area contributed by atoms with E-state index in [1.807, 2.05) is 12.1 Å². The highest BCUT2D eigenvalue weighted by atomic mass is 35.5. The number of carbonyl (C=O) groups excluding carboxylic acids is 1. The van der Waals surface area contributed by atoms with Crippen molar-refractivity contribution in [2.75, 3.05) is 11.3 Å². The number of hydrazine groups is 1. The number of nitrogens with one attached hydrogen (secondary N) is 2. The number of carbonyl (C=O) groups is 1.